The number of aromatic nitrogens is 6. The summed E-state index contributed by atoms with van der Waals surface area (Å²) in [4.78, 5) is 17.4. The van der Waals surface area contributed by atoms with Gasteiger partial charge in [0.1, 0.15) is 12.7 Å². The van der Waals surface area contributed by atoms with Crippen LogP contribution < -0.4 is 5.56 Å². The number of benzene rings is 2. The Labute approximate surface area is 170 Å². The highest BCUT2D eigenvalue weighted by molar-refractivity contribution is 6.30. The first-order valence-electron chi connectivity index (χ1n) is 8.93. The normalized spacial score (nSPS) is 11.2. The number of rotatable bonds is 3. The van der Waals surface area contributed by atoms with E-state index in [9.17, 15) is 4.79 Å². The van der Waals surface area contributed by atoms with Crippen LogP contribution in [0.1, 0.15) is 5.69 Å². The number of aryl methyl sites for hydroxylation is 1. The summed E-state index contributed by atoms with van der Waals surface area (Å²) in [6.07, 6.45) is 4.91. The Kier molecular flexibility index (Phi) is 4.03. The average Bonchev–Trinajstić information content (AvgIpc) is 3.38. The van der Waals surface area contributed by atoms with E-state index >= 15 is 0 Å². The lowest BCUT2D eigenvalue weighted by molar-refractivity contribution is 0.864. The second-order valence-corrected chi connectivity index (χ2v) is 7.09. The van der Waals surface area contributed by atoms with Gasteiger partial charge in [-0.15, -0.1) is 10.2 Å². The molecule has 8 heteroatoms. The quantitative estimate of drug-likeness (QED) is 0.496. The van der Waals surface area contributed by atoms with E-state index in [2.05, 4.69) is 20.3 Å². The lowest BCUT2D eigenvalue weighted by atomic mass is 10.0. The summed E-state index contributed by atoms with van der Waals surface area (Å²) in [6, 6.07) is 15.1. The van der Waals surface area contributed by atoms with Gasteiger partial charge in [0.15, 0.2) is 0 Å². The molecule has 0 radical (unpaired) electrons. The summed E-state index contributed by atoms with van der Waals surface area (Å²) in [5.74, 6) is 0. The number of nitrogens with zero attached hydrogens (tertiary/aromatic N) is 5. The molecular weight excluding hydrogens is 388 g/mol. The minimum Gasteiger partial charge on any atom is -0.290 e. The highest BCUT2D eigenvalue weighted by Gasteiger charge is 2.16. The van der Waals surface area contributed by atoms with Crippen LogP contribution in [-0.2, 0) is 0 Å². The van der Waals surface area contributed by atoms with Crippen molar-refractivity contribution >= 4 is 22.5 Å². The van der Waals surface area contributed by atoms with E-state index in [1.807, 2.05) is 35.8 Å². The predicted molar refractivity (Wildman–Crippen MR) is 112 cm³/mol. The molecule has 0 saturated heterocycles. The van der Waals surface area contributed by atoms with Crippen LogP contribution in [0.25, 0.3) is 33.4 Å². The SMILES string of the molecule is Cc1ncc2c(=O)n(-c3ccc(Cl)cc3)[nH]c2c1-c1ccc(-n2cnnc2)cc1. The van der Waals surface area contributed by atoms with Crippen LogP contribution in [0.2, 0.25) is 5.02 Å². The van der Waals surface area contributed by atoms with Crippen LogP contribution in [0.5, 0.6) is 0 Å². The zero-order valence-corrected chi connectivity index (χ0v) is 16.1. The van der Waals surface area contributed by atoms with Gasteiger partial charge in [-0.3, -0.25) is 19.4 Å². The van der Waals surface area contributed by atoms with Crippen LogP contribution in [0, 0.1) is 6.92 Å². The molecule has 1 N–H and O–H groups in total. The van der Waals surface area contributed by atoms with Crippen LogP contribution >= 0.6 is 11.6 Å². The van der Waals surface area contributed by atoms with Crippen molar-refractivity contribution in [3.05, 3.63) is 88.5 Å². The summed E-state index contributed by atoms with van der Waals surface area (Å²) >= 11 is 5.98. The van der Waals surface area contributed by atoms with Gasteiger partial charge in [0.05, 0.1) is 16.6 Å². The zero-order valence-electron chi connectivity index (χ0n) is 15.4. The van der Waals surface area contributed by atoms with Gasteiger partial charge in [-0.2, -0.15) is 0 Å². The van der Waals surface area contributed by atoms with Crippen molar-refractivity contribution in [3.63, 3.8) is 0 Å². The van der Waals surface area contributed by atoms with Gasteiger partial charge in [-0.05, 0) is 48.9 Å². The van der Waals surface area contributed by atoms with E-state index in [0.29, 0.717) is 16.1 Å². The molecule has 0 unspecified atom stereocenters. The lowest BCUT2D eigenvalue weighted by Gasteiger charge is -2.08. The van der Waals surface area contributed by atoms with Crippen molar-refractivity contribution in [1.82, 2.24) is 29.5 Å². The molecule has 142 valence electrons. The molecule has 3 heterocycles. The van der Waals surface area contributed by atoms with Gasteiger partial charge in [0.25, 0.3) is 5.56 Å². The Bertz CT molecular complexity index is 1370. The highest BCUT2D eigenvalue weighted by Crippen LogP contribution is 2.29. The molecule has 7 nitrogen and oxygen atoms in total. The third-order valence-corrected chi connectivity index (χ3v) is 5.14. The minimum atomic E-state index is -0.155. The fraction of sp³-hybridized carbons (Fsp3) is 0.0476. The standard InChI is InChI=1S/C21H15ClN6O/c1-13-19(14-2-6-16(7-3-14)27-11-24-25-12-27)20-18(10-23-13)21(29)28(26-20)17-8-4-15(22)5-9-17/h2-12,26H,1H3. The molecule has 2 aromatic carbocycles. The molecule has 5 rings (SSSR count). The maximum atomic E-state index is 13.0. The number of hydrogen-bond acceptors (Lipinski definition) is 4. The average molecular weight is 403 g/mol. The van der Waals surface area contributed by atoms with E-state index in [1.54, 1.807) is 43.1 Å². The number of H-pyrrole nitrogens is 1. The van der Waals surface area contributed by atoms with E-state index in [0.717, 1.165) is 28.0 Å². The van der Waals surface area contributed by atoms with Crippen molar-refractivity contribution in [2.45, 2.75) is 6.92 Å². The summed E-state index contributed by atoms with van der Waals surface area (Å²) in [5.41, 5.74) is 4.93. The Morgan fingerprint density at radius 2 is 1.59 bits per heavy atom. The van der Waals surface area contributed by atoms with E-state index in [1.165, 1.54) is 4.68 Å². The summed E-state index contributed by atoms with van der Waals surface area (Å²) in [7, 11) is 0. The number of nitrogens with one attached hydrogen (secondary N) is 1. The first-order valence-corrected chi connectivity index (χ1v) is 9.31. The number of pyridine rings is 1. The van der Waals surface area contributed by atoms with Gasteiger partial charge in [0.2, 0.25) is 0 Å². The van der Waals surface area contributed by atoms with Crippen molar-refractivity contribution in [1.29, 1.82) is 0 Å². The maximum Gasteiger partial charge on any atom is 0.280 e. The fourth-order valence-corrected chi connectivity index (χ4v) is 3.55. The van der Waals surface area contributed by atoms with Crippen molar-refractivity contribution in [3.8, 4) is 22.5 Å². The summed E-state index contributed by atoms with van der Waals surface area (Å²) in [5, 5.41) is 12.1. The molecule has 29 heavy (non-hydrogen) atoms. The van der Waals surface area contributed by atoms with E-state index < -0.39 is 0 Å². The van der Waals surface area contributed by atoms with Crippen molar-refractivity contribution < 1.29 is 0 Å². The Morgan fingerprint density at radius 1 is 0.931 bits per heavy atom. The highest BCUT2D eigenvalue weighted by atomic mass is 35.5. The van der Waals surface area contributed by atoms with Crippen LogP contribution in [0.15, 0.2) is 72.2 Å². The molecule has 0 fully saturated rings. The third-order valence-electron chi connectivity index (χ3n) is 4.88. The molecule has 0 aliphatic rings. The Balaban J connectivity index is 1.68. The minimum absolute atomic E-state index is 0.155. The number of halogens is 1. The van der Waals surface area contributed by atoms with Gasteiger partial charge < -0.3 is 0 Å². The largest absolute Gasteiger partial charge is 0.290 e. The van der Waals surface area contributed by atoms with Crippen molar-refractivity contribution in [2.75, 3.05) is 0 Å². The van der Waals surface area contributed by atoms with Gasteiger partial charge in [-0.25, -0.2) is 4.68 Å². The van der Waals surface area contributed by atoms with Crippen LogP contribution in [0.3, 0.4) is 0 Å². The fourth-order valence-electron chi connectivity index (χ4n) is 3.43. The molecular formula is C21H15ClN6O. The molecule has 0 spiro atoms. The lowest BCUT2D eigenvalue weighted by Crippen LogP contribution is -2.14. The van der Waals surface area contributed by atoms with E-state index in [-0.39, 0.29) is 5.56 Å². The maximum absolute atomic E-state index is 13.0. The topological polar surface area (TPSA) is 81.4 Å². The Morgan fingerprint density at radius 3 is 2.28 bits per heavy atom. The smallest absolute Gasteiger partial charge is 0.280 e. The van der Waals surface area contributed by atoms with Crippen LogP contribution in [0.4, 0.5) is 0 Å². The van der Waals surface area contributed by atoms with Crippen molar-refractivity contribution in [2.24, 2.45) is 0 Å². The molecule has 0 amide bonds. The van der Waals surface area contributed by atoms with Crippen LogP contribution in [-0.4, -0.2) is 29.5 Å². The zero-order chi connectivity index (χ0) is 20.0. The first kappa shape index (κ1) is 17.4. The second-order valence-electron chi connectivity index (χ2n) is 6.65. The molecule has 0 aliphatic carbocycles. The summed E-state index contributed by atoms with van der Waals surface area (Å²) in [6.45, 7) is 1.93. The molecule has 0 bridgehead atoms. The predicted octanol–water partition coefficient (Wildman–Crippen LogP) is 3.92. The van der Waals surface area contributed by atoms with Gasteiger partial charge >= 0.3 is 0 Å². The monoisotopic (exact) mass is 402 g/mol. The Hall–Kier alpha value is -3.71. The summed E-state index contributed by atoms with van der Waals surface area (Å²) < 4.78 is 3.34. The molecule has 0 saturated carbocycles. The molecule has 0 aliphatic heterocycles. The number of fused-ring (bicyclic) bond motifs is 1. The molecule has 0 atom stereocenters. The van der Waals surface area contributed by atoms with E-state index in [4.69, 9.17) is 11.6 Å². The number of hydrogen-bond donors (Lipinski definition) is 1. The third kappa shape index (κ3) is 2.92. The second kappa shape index (κ2) is 6.72. The van der Waals surface area contributed by atoms with Gasteiger partial charge in [0, 0.05) is 28.2 Å². The van der Waals surface area contributed by atoms with Gasteiger partial charge in [-0.1, -0.05) is 23.7 Å². The molecule has 5 aromatic rings. The first-order chi connectivity index (χ1) is 14.1. The molecule has 3 aromatic heterocycles. The number of aromatic amines is 1.